The highest BCUT2D eigenvalue weighted by Crippen LogP contribution is 2.21. The summed E-state index contributed by atoms with van der Waals surface area (Å²) in [5.74, 6) is 0. The molecule has 0 saturated carbocycles. The molecule has 148 valence electrons. The molecule has 1 aromatic heterocycles. The standard InChI is InChI=1S/C24H39N.ClH/c1-3-5-6-7-8-9-10-11-12-13-14-15-20-25-21-19-23-22(4-2)17-16-18-24(23)25;/h16-19,21H,3-15,20H2,1-2H3;1H. The van der Waals surface area contributed by atoms with Crippen LogP contribution in [0.4, 0.5) is 0 Å². The number of unbranched alkanes of at least 4 members (excludes halogenated alkanes) is 11. The minimum Gasteiger partial charge on any atom is -0.347 e. The van der Waals surface area contributed by atoms with E-state index in [2.05, 4.69) is 48.9 Å². The molecule has 2 heteroatoms. The van der Waals surface area contributed by atoms with E-state index in [-0.39, 0.29) is 12.4 Å². The summed E-state index contributed by atoms with van der Waals surface area (Å²) in [5, 5.41) is 1.45. The molecule has 1 nitrogen and oxygen atoms in total. The molecular formula is C24H40ClN. The highest BCUT2D eigenvalue weighted by Gasteiger charge is 2.04. The van der Waals surface area contributed by atoms with Crippen LogP contribution in [0.5, 0.6) is 0 Å². The first-order valence-corrected chi connectivity index (χ1v) is 10.9. The van der Waals surface area contributed by atoms with E-state index < -0.39 is 0 Å². The molecule has 2 rings (SSSR count). The molecule has 0 saturated heterocycles. The second-order valence-electron chi connectivity index (χ2n) is 7.60. The van der Waals surface area contributed by atoms with Gasteiger partial charge in [-0.1, -0.05) is 96.6 Å². The smallest absolute Gasteiger partial charge is 0.0483 e. The molecule has 0 aliphatic carbocycles. The highest BCUT2D eigenvalue weighted by molar-refractivity contribution is 5.85. The second-order valence-corrected chi connectivity index (χ2v) is 7.60. The zero-order chi connectivity index (χ0) is 17.7. The lowest BCUT2D eigenvalue weighted by atomic mass is 10.1. The van der Waals surface area contributed by atoms with Crippen LogP contribution >= 0.6 is 12.4 Å². The fourth-order valence-corrected chi connectivity index (χ4v) is 3.91. The van der Waals surface area contributed by atoms with Crippen LogP contribution in [0, 0.1) is 0 Å². The summed E-state index contributed by atoms with van der Waals surface area (Å²) >= 11 is 0. The van der Waals surface area contributed by atoms with Crippen molar-refractivity contribution in [3.8, 4) is 0 Å². The van der Waals surface area contributed by atoms with Crippen molar-refractivity contribution in [3.63, 3.8) is 0 Å². The molecule has 1 aromatic carbocycles. The normalized spacial score (nSPS) is 11.0. The summed E-state index contributed by atoms with van der Waals surface area (Å²) < 4.78 is 2.45. The van der Waals surface area contributed by atoms with Gasteiger partial charge < -0.3 is 4.57 Å². The number of rotatable bonds is 14. The van der Waals surface area contributed by atoms with Gasteiger partial charge in [0.25, 0.3) is 0 Å². The van der Waals surface area contributed by atoms with Crippen molar-refractivity contribution in [3.05, 3.63) is 36.0 Å². The molecule has 0 bridgehead atoms. The molecule has 0 aliphatic rings. The van der Waals surface area contributed by atoms with Gasteiger partial charge in [0.05, 0.1) is 0 Å². The Morgan fingerprint density at radius 2 is 1.27 bits per heavy atom. The van der Waals surface area contributed by atoms with Gasteiger partial charge in [0, 0.05) is 23.6 Å². The number of halogens is 1. The van der Waals surface area contributed by atoms with Gasteiger partial charge in [-0.25, -0.2) is 0 Å². The Kier molecular flexibility index (Phi) is 12.6. The van der Waals surface area contributed by atoms with Crippen LogP contribution < -0.4 is 0 Å². The van der Waals surface area contributed by atoms with Crippen LogP contribution in [-0.2, 0) is 13.0 Å². The topological polar surface area (TPSA) is 4.93 Å². The average Bonchev–Trinajstić information content (AvgIpc) is 3.06. The lowest BCUT2D eigenvalue weighted by Gasteiger charge is -2.07. The van der Waals surface area contributed by atoms with Gasteiger partial charge in [0.2, 0.25) is 0 Å². The van der Waals surface area contributed by atoms with Gasteiger partial charge in [-0.3, -0.25) is 0 Å². The number of hydrogen-bond donors (Lipinski definition) is 0. The van der Waals surface area contributed by atoms with Crippen LogP contribution in [0.15, 0.2) is 30.5 Å². The lowest BCUT2D eigenvalue weighted by Crippen LogP contribution is -1.96. The summed E-state index contributed by atoms with van der Waals surface area (Å²) in [5.41, 5.74) is 2.90. The Morgan fingerprint density at radius 3 is 1.85 bits per heavy atom. The molecule has 0 radical (unpaired) electrons. The van der Waals surface area contributed by atoms with E-state index in [1.807, 2.05) is 0 Å². The van der Waals surface area contributed by atoms with Crippen molar-refractivity contribution in [1.29, 1.82) is 0 Å². The number of nitrogens with zero attached hydrogens (tertiary/aromatic N) is 1. The predicted octanol–water partition coefficient (Wildman–Crippen LogP) is 8.33. The molecule has 0 N–H and O–H groups in total. The van der Waals surface area contributed by atoms with Gasteiger partial charge in [-0.05, 0) is 30.5 Å². The summed E-state index contributed by atoms with van der Waals surface area (Å²) in [6.45, 7) is 5.71. The van der Waals surface area contributed by atoms with Crippen molar-refractivity contribution < 1.29 is 0 Å². The van der Waals surface area contributed by atoms with Gasteiger partial charge in [0.15, 0.2) is 0 Å². The molecule has 0 fully saturated rings. The van der Waals surface area contributed by atoms with Crippen molar-refractivity contribution in [1.82, 2.24) is 4.57 Å². The molecule has 26 heavy (non-hydrogen) atoms. The molecule has 0 unspecified atom stereocenters. The summed E-state index contributed by atoms with van der Waals surface area (Å²) in [7, 11) is 0. The third-order valence-electron chi connectivity index (χ3n) is 5.54. The minimum absolute atomic E-state index is 0. The number of benzene rings is 1. The summed E-state index contributed by atoms with van der Waals surface area (Å²) in [4.78, 5) is 0. The average molecular weight is 378 g/mol. The van der Waals surface area contributed by atoms with Crippen molar-refractivity contribution >= 4 is 23.3 Å². The Labute approximate surface area is 168 Å². The van der Waals surface area contributed by atoms with Crippen LogP contribution in [0.3, 0.4) is 0 Å². The maximum absolute atomic E-state index is 2.45. The maximum Gasteiger partial charge on any atom is 0.0483 e. The molecule has 0 spiro atoms. The van der Waals surface area contributed by atoms with Gasteiger partial charge in [0.1, 0.15) is 0 Å². The molecule has 0 amide bonds. The molecule has 0 aliphatic heterocycles. The van der Waals surface area contributed by atoms with Crippen molar-refractivity contribution in [2.75, 3.05) is 0 Å². The van der Waals surface area contributed by atoms with Gasteiger partial charge in [-0.2, -0.15) is 0 Å². The lowest BCUT2D eigenvalue weighted by molar-refractivity contribution is 0.531. The first-order valence-electron chi connectivity index (χ1n) is 10.9. The van der Waals surface area contributed by atoms with Crippen LogP contribution in [0.25, 0.3) is 10.9 Å². The van der Waals surface area contributed by atoms with E-state index in [1.54, 1.807) is 0 Å². The zero-order valence-electron chi connectivity index (χ0n) is 17.1. The van der Waals surface area contributed by atoms with Gasteiger partial charge in [-0.15, -0.1) is 12.4 Å². The third-order valence-corrected chi connectivity index (χ3v) is 5.54. The quantitative estimate of drug-likeness (QED) is 0.291. The largest absolute Gasteiger partial charge is 0.347 e. The van der Waals surface area contributed by atoms with E-state index in [0.29, 0.717) is 0 Å². The van der Waals surface area contributed by atoms with Crippen LogP contribution in [0.2, 0.25) is 0 Å². The van der Waals surface area contributed by atoms with E-state index in [1.165, 1.54) is 100 Å². The molecule has 0 atom stereocenters. The number of aromatic nitrogens is 1. The van der Waals surface area contributed by atoms with E-state index >= 15 is 0 Å². The first kappa shape index (κ1) is 23.1. The SMILES string of the molecule is CCCCCCCCCCCCCCn1ccc2c(CC)cccc21.Cl. The van der Waals surface area contributed by atoms with Crippen molar-refractivity contribution in [2.24, 2.45) is 0 Å². The first-order chi connectivity index (χ1) is 12.4. The number of hydrogen-bond acceptors (Lipinski definition) is 0. The summed E-state index contributed by atoms with van der Waals surface area (Å²) in [6, 6.07) is 9.04. The Bertz CT molecular complexity index is 587. The Hall–Kier alpha value is -0.950. The monoisotopic (exact) mass is 377 g/mol. The van der Waals surface area contributed by atoms with E-state index in [4.69, 9.17) is 0 Å². The fraction of sp³-hybridized carbons (Fsp3) is 0.667. The maximum atomic E-state index is 2.45. The minimum atomic E-state index is 0. The summed E-state index contributed by atoms with van der Waals surface area (Å²) in [6.07, 6.45) is 20.4. The second kappa shape index (κ2) is 14.2. The third kappa shape index (κ3) is 7.74. The Balaban J connectivity index is 0.00000338. The van der Waals surface area contributed by atoms with Crippen molar-refractivity contribution in [2.45, 2.75) is 104 Å². The predicted molar refractivity (Wildman–Crippen MR) is 120 cm³/mol. The van der Waals surface area contributed by atoms with E-state index in [0.717, 1.165) is 6.42 Å². The Morgan fingerprint density at radius 1 is 0.692 bits per heavy atom. The number of fused-ring (bicyclic) bond motifs is 1. The van der Waals surface area contributed by atoms with E-state index in [9.17, 15) is 0 Å². The van der Waals surface area contributed by atoms with Gasteiger partial charge >= 0.3 is 0 Å². The zero-order valence-corrected chi connectivity index (χ0v) is 18.0. The molecule has 2 aromatic rings. The molecular weight excluding hydrogens is 338 g/mol. The highest BCUT2D eigenvalue weighted by atomic mass is 35.5. The number of aryl methyl sites for hydroxylation is 2. The van der Waals surface area contributed by atoms with Crippen LogP contribution in [-0.4, -0.2) is 4.57 Å². The molecule has 1 heterocycles. The fourth-order valence-electron chi connectivity index (χ4n) is 3.91. The van der Waals surface area contributed by atoms with Crippen LogP contribution in [0.1, 0.15) is 96.5 Å².